The molecule has 2 rings (SSSR count). The van der Waals surface area contributed by atoms with Crippen LogP contribution in [0.2, 0.25) is 8.67 Å². The third-order valence-electron chi connectivity index (χ3n) is 2.38. The Morgan fingerprint density at radius 2 is 1.88 bits per heavy atom. The van der Waals surface area contributed by atoms with Gasteiger partial charge >= 0.3 is 0 Å². The molecule has 0 aliphatic rings. The summed E-state index contributed by atoms with van der Waals surface area (Å²) in [6.07, 6.45) is 0. The van der Waals surface area contributed by atoms with Crippen molar-refractivity contribution in [1.82, 2.24) is 0 Å². The minimum Gasteiger partial charge on any atom is -0.111 e. The van der Waals surface area contributed by atoms with Crippen molar-refractivity contribution >= 4 is 66.4 Å². The average molecular weight is 415 g/mol. The number of halogens is 4. The van der Waals surface area contributed by atoms with Crippen LogP contribution in [-0.4, -0.2) is 0 Å². The molecule has 0 bridgehead atoms. The molecule has 0 aliphatic carbocycles. The highest BCUT2D eigenvalue weighted by Gasteiger charge is 2.18. The molecule has 90 valence electrons. The Kier molecular flexibility index (Phi) is 4.59. The molecule has 1 atom stereocenters. The molecule has 0 amide bonds. The average Bonchev–Trinajstić information content (AvgIpc) is 2.60. The van der Waals surface area contributed by atoms with E-state index in [0.717, 1.165) is 19.9 Å². The standard InChI is InChI=1S/C12H8Br2Cl2S/c1-6-2-3-9(13)7(4-6)11(14)8-5-10(15)17-12(8)16/h2-5,11H,1H3. The maximum atomic E-state index is 6.17. The van der Waals surface area contributed by atoms with Gasteiger partial charge in [0.05, 0.1) is 13.5 Å². The van der Waals surface area contributed by atoms with Gasteiger partial charge in [0, 0.05) is 10.0 Å². The SMILES string of the molecule is Cc1ccc(Br)c(C(Br)c2cc(Cl)sc2Cl)c1. The molecule has 0 N–H and O–H groups in total. The van der Waals surface area contributed by atoms with Crippen LogP contribution in [-0.2, 0) is 0 Å². The van der Waals surface area contributed by atoms with E-state index in [1.165, 1.54) is 16.9 Å². The van der Waals surface area contributed by atoms with E-state index in [0.29, 0.717) is 4.34 Å². The van der Waals surface area contributed by atoms with E-state index in [-0.39, 0.29) is 4.83 Å². The first kappa shape index (κ1) is 13.9. The number of benzene rings is 1. The van der Waals surface area contributed by atoms with Crippen molar-refractivity contribution in [2.24, 2.45) is 0 Å². The largest absolute Gasteiger partial charge is 0.111 e. The number of rotatable bonds is 2. The Balaban J connectivity index is 2.46. The summed E-state index contributed by atoms with van der Waals surface area (Å²) in [4.78, 5) is 0.0491. The summed E-state index contributed by atoms with van der Waals surface area (Å²) >= 11 is 20.8. The summed E-state index contributed by atoms with van der Waals surface area (Å²) in [5.41, 5.74) is 3.37. The smallest absolute Gasteiger partial charge is 0.0990 e. The van der Waals surface area contributed by atoms with E-state index >= 15 is 0 Å². The Labute approximate surface area is 131 Å². The van der Waals surface area contributed by atoms with E-state index < -0.39 is 0 Å². The second kappa shape index (κ2) is 5.62. The molecule has 0 spiro atoms. The van der Waals surface area contributed by atoms with Crippen LogP contribution in [0.4, 0.5) is 0 Å². The third kappa shape index (κ3) is 3.07. The maximum absolute atomic E-state index is 6.17. The van der Waals surface area contributed by atoms with Crippen LogP contribution in [0, 0.1) is 6.92 Å². The predicted octanol–water partition coefficient (Wildman–Crippen LogP) is 6.61. The fraction of sp³-hybridized carbons (Fsp3) is 0.167. The van der Waals surface area contributed by atoms with Crippen LogP contribution >= 0.6 is 66.4 Å². The van der Waals surface area contributed by atoms with Gasteiger partial charge in [0.2, 0.25) is 0 Å². The van der Waals surface area contributed by atoms with Crippen LogP contribution in [0.15, 0.2) is 28.7 Å². The molecule has 0 nitrogen and oxygen atoms in total. The van der Waals surface area contributed by atoms with Crippen molar-refractivity contribution in [3.8, 4) is 0 Å². The van der Waals surface area contributed by atoms with E-state index in [4.69, 9.17) is 23.2 Å². The van der Waals surface area contributed by atoms with E-state index in [1.807, 2.05) is 12.1 Å². The second-order valence-electron chi connectivity index (χ2n) is 3.67. The van der Waals surface area contributed by atoms with Gasteiger partial charge < -0.3 is 0 Å². The summed E-state index contributed by atoms with van der Waals surface area (Å²) in [6.45, 7) is 2.07. The Hall–Kier alpha value is 0.460. The number of hydrogen-bond acceptors (Lipinski definition) is 1. The van der Waals surface area contributed by atoms with Gasteiger partial charge in [0.15, 0.2) is 0 Å². The first-order valence-corrected chi connectivity index (χ1v) is 8.12. The number of thiophene rings is 1. The highest BCUT2D eigenvalue weighted by Crippen LogP contribution is 2.43. The monoisotopic (exact) mass is 412 g/mol. The minimum absolute atomic E-state index is 0.0491. The quantitative estimate of drug-likeness (QED) is 0.485. The van der Waals surface area contributed by atoms with Gasteiger partial charge in [-0.1, -0.05) is 72.8 Å². The van der Waals surface area contributed by atoms with Gasteiger partial charge in [-0.05, 0) is 24.6 Å². The molecule has 0 saturated heterocycles. The summed E-state index contributed by atoms with van der Waals surface area (Å²) in [5, 5.41) is 0. The van der Waals surface area contributed by atoms with Crippen molar-refractivity contribution in [2.75, 3.05) is 0 Å². The lowest BCUT2D eigenvalue weighted by Crippen LogP contribution is -1.93. The lowest BCUT2D eigenvalue weighted by Gasteiger charge is -2.12. The van der Waals surface area contributed by atoms with Crippen LogP contribution in [0.1, 0.15) is 21.5 Å². The molecule has 1 aromatic heterocycles. The lowest BCUT2D eigenvalue weighted by atomic mass is 10.1. The first-order valence-electron chi connectivity index (χ1n) is 4.84. The molecule has 0 radical (unpaired) electrons. The zero-order chi connectivity index (χ0) is 12.6. The van der Waals surface area contributed by atoms with Crippen LogP contribution in [0.5, 0.6) is 0 Å². The fourth-order valence-corrected chi connectivity index (χ4v) is 4.89. The topological polar surface area (TPSA) is 0 Å². The molecule has 2 aromatic rings. The van der Waals surface area contributed by atoms with Crippen LogP contribution in [0.25, 0.3) is 0 Å². The van der Waals surface area contributed by atoms with Crippen molar-refractivity contribution in [3.63, 3.8) is 0 Å². The Morgan fingerprint density at radius 3 is 2.47 bits per heavy atom. The Bertz CT molecular complexity index is 551. The van der Waals surface area contributed by atoms with Crippen molar-refractivity contribution in [1.29, 1.82) is 0 Å². The molecule has 17 heavy (non-hydrogen) atoms. The number of aryl methyl sites for hydroxylation is 1. The molecule has 1 aromatic carbocycles. The van der Waals surface area contributed by atoms with Gasteiger partial charge in [0.1, 0.15) is 0 Å². The van der Waals surface area contributed by atoms with Crippen molar-refractivity contribution in [3.05, 3.63) is 54.1 Å². The Morgan fingerprint density at radius 1 is 1.18 bits per heavy atom. The van der Waals surface area contributed by atoms with Gasteiger partial charge in [0.25, 0.3) is 0 Å². The van der Waals surface area contributed by atoms with Gasteiger partial charge in [-0.25, -0.2) is 0 Å². The number of alkyl halides is 1. The third-order valence-corrected chi connectivity index (χ3v) is 5.61. The maximum Gasteiger partial charge on any atom is 0.0990 e. The summed E-state index contributed by atoms with van der Waals surface area (Å²) in [5.74, 6) is 0. The second-order valence-corrected chi connectivity index (χ2v) is 7.72. The molecular weight excluding hydrogens is 407 g/mol. The summed E-state index contributed by atoms with van der Waals surface area (Å²) < 4.78 is 2.49. The highest BCUT2D eigenvalue weighted by atomic mass is 79.9. The fourth-order valence-electron chi connectivity index (χ4n) is 1.55. The molecule has 0 fully saturated rings. The van der Waals surface area contributed by atoms with Crippen LogP contribution in [0.3, 0.4) is 0 Å². The molecule has 0 saturated carbocycles. The molecule has 0 aliphatic heterocycles. The predicted molar refractivity (Wildman–Crippen MR) is 84.0 cm³/mol. The van der Waals surface area contributed by atoms with Gasteiger partial charge in [-0.15, -0.1) is 11.3 Å². The zero-order valence-electron chi connectivity index (χ0n) is 8.81. The van der Waals surface area contributed by atoms with Crippen molar-refractivity contribution in [2.45, 2.75) is 11.8 Å². The normalized spacial score (nSPS) is 12.8. The molecule has 1 unspecified atom stereocenters. The molecule has 1 heterocycles. The summed E-state index contributed by atoms with van der Waals surface area (Å²) in [6, 6.07) is 8.14. The first-order chi connectivity index (χ1) is 7.99. The van der Waals surface area contributed by atoms with Gasteiger partial charge in [-0.3, -0.25) is 0 Å². The van der Waals surface area contributed by atoms with E-state index in [9.17, 15) is 0 Å². The van der Waals surface area contributed by atoms with Crippen LogP contribution < -0.4 is 0 Å². The van der Waals surface area contributed by atoms with E-state index in [1.54, 1.807) is 0 Å². The molecular formula is C12H8Br2Cl2S. The highest BCUT2D eigenvalue weighted by molar-refractivity contribution is 9.11. The van der Waals surface area contributed by atoms with E-state index in [2.05, 4.69) is 50.9 Å². The summed E-state index contributed by atoms with van der Waals surface area (Å²) in [7, 11) is 0. The van der Waals surface area contributed by atoms with Crippen molar-refractivity contribution < 1.29 is 0 Å². The molecule has 5 heteroatoms. The minimum atomic E-state index is 0.0491. The number of hydrogen-bond donors (Lipinski definition) is 0. The lowest BCUT2D eigenvalue weighted by molar-refractivity contribution is 1.17. The van der Waals surface area contributed by atoms with Gasteiger partial charge in [-0.2, -0.15) is 0 Å². The zero-order valence-corrected chi connectivity index (χ0v) is 14.3.